The Hall–Kier alpha value is -1.75. The number of phenolic OH excluding ortho intramolecular Hbond substituents is 1. The summed E-state index contributed by atoms with van der Waals surface area (Å²) in [5.74, 6) is 0.230. The number of nitrogens with one attached hydrogen (secondary N) is 2. The van der Waals surface area contributed by atoms with E-state index in [1.54, 1.807) is 19.1 Å². The van der Waals surface area contributed by atoms with Crippen LogP contribution in [0.3, 0.4) is 0 Å². The molecule has 1 aromatic rings. The van der Waals surface area contributed by atoms with Gasteiger partial charge in [-0.25, -0.2) is 4.79 Å². The summed E-state index contributed by atoms with van der Waals surface area (Å²) in [5.41, 5.74) is 1.04. The van der Waals surface area contributed by atoms with E-state index in [1.165, 1.54) is 0 Å². The summed E-state index contributed by atoms with van der Waals surface area (Å²) in [6, 6.07) is 6.31. The molecule has 0 aliphatic carbocycles. The normalized spacial score (nSPS) is 13.7. The second kappa shape index (κ2) is 6.86. The van der Waals surface area contributed by atoms with Crippen LogP contribution in [0.2, 0.25) is 0 Å². The third-order valence-corrected chi connectivity index (χ3v) is 2.51. The van der Waals surface area contributed by atoms with Crippen molar-refractivity contribution in [3.63, 3.8) is 0 Å². The Kier molecular flexibility index (Phi) is 5.45. The van der Waals surface area contributed by atoms with Gasteiger partial charge >= 0.3 is 6.03 Å². The van der Waals surface area contributed by atoms with Gasteiger partial charge in [0.15, 0.2) is 0 Å². The predicted molar refractivity (Wildman–Crippen MR) is 69.5 cm³/mol. The second-order valence-corrected chi connectivity index (χ2v) is 4.47. The van der Waals surface area contributed by atoms with Gasteiger partial charge in [0, 0.05) is 6.04 Å². The Morgan fingerprint density at radius 1 is 1.17 bits per heavy atom. The van der Waals surface area contributed by atoms with Gasteiger partial charge in [0.25, 0.3) is 0 Å². The minimum atomic E-state index is -0.289. The van der Waals surface area contributed by atoms with Crippen LogP contribution in [0.15, 0.2) is 24.3 Å². The fourth-order valence-corrected chi connectivity index (χ4v) is 1.57. The number of aromatic hydroxyl groups is 1. The van der Waals surface area contributed by atoms with E-state index in [0.29, 0.717) is 6.42 Å². The van der Waals surface area contributed by atoms with Crippen LogP contribution in [0.5, 0.6) is 5.75 Å². The van der Waals surface area contributed by atoms with Crippen LogP contribution in [-0.4, -0.2) is 34.9 Å². The van der Waals surface area contributed by atoms with E-state index < -0.39 is 0 Å². The van der Waals surface area contributed by atoms with Crippen LogP contribution >= 0.6 is 0 Å². The average Bonchev–Trinajstić information content (AvgIpc) is 2.31. The first kappa shape index (κ1) is 14.3. The molecule has 0 saturated carbocycles. The van der Waals surface area contributed by atoms with Crippen LogP contribution in [0.25, 0.3) is 0 Å². The van der Waals surface area contributed by atoms with Gasteiger partial charge in [-0.15, -0.1) is 0 Å². The van der Waals surface area contributed by atoms with E-state index in [9.17, 15) is 4.79 Å². The highest BCUT2D eigenvalue weighted by Gasteiger charge is 2.10. The molecule has 0 aromatic heterocycles. The number of hydrogen-bond donors (Lipinski definition) is 4. The zero-order valence-corrected chi connectivity index (χ0v) is 10.7. The largest absolute Gasteiger partial charge is 0.508 e. The van der Waals surface area contributed by atoms with E-state index in [-0.39, 0.29) is 30.5 Å². The lowest BCUT2D eigenvalue weighted by atomic mass is 10.1. The molecule has 2 atom stereocenters. The van der Waals surface area contributed by atoms with E-state index in [2.05, 4.69) is 10.6 Å². The molecule has 5 heteroatoms. The molecule has 2 amide bonds. The third-order valence-electron chi connectivity index (χ3n) is 2.51. The van der Waals surface area contributed by atoms with Crippen LogP contribution in [-0.2, 0) is 6.42 Å². The third kappa shape index (κ3) is 5.05. The van der Waals surface area contributed by atoms with Crippen molar-refractivity contribution in [2.45, 2.75) is 32.4 Å². The van der Waals surface area contributed by atoms with Crippen LogP contribution < -0.4 is 10.6 Å². The first-order valence-corrected chi connectivity index (χ1v) is 5.97. The highest BCUT2D eigenvalue weighted by atomic mass is 16.3. The summed E-state index contributed by atoms with van der Waals surface area (Å²) in [6.07, 6.45) is 0.682. The number of aliphatic hydroxyl groups excluding tert-OH is 1. The summed E-state index contributed by atoms with van der Waals surface area (Å²) in [6.45, 7) is 3.54. The second-order valence-electron chi connectivity index (χ2n) is 4.47. The molecule has 18 heavy (non-hydrogen) atoms. The molecule has 100 valence electrons. The maximum atomic E-state index is 11.5. The maximum Gasteiger partial charge on any atom is 0.315 e. The van der Waals surface area contributed by atoms with Crippen LogP contribution in [0.4, 0.5) is 4.79 Å². The van der Waals surface area contributed by atoms with Gasteiger partial charge in [-0.3, -0.25) is 0 Å². The van der Waals surface area contributed by atoms with Crippen LogP contribution in [0, 0.1) is 0 Å². The topological polar surface area (TPSA) is 81.6 Å². The lowest BCUT2D eigenvalue weighted by Crippen LogP contribution is -2.46. The van der Waals surface area contributed by atoms with Gasteiger partial charge < -0.3 is 20.8 Å². The number of carbonyl (C=O) groups is 1. The van der Waals surface area contributed by atoms with Crippen molar-refractivity contribution in [2.24, 2.45) is 0 Å². The molecule has 0 aliphatic heterocycles. The number of phenols is 1. The van der Waals surface area contributed by atoms with Crippen molar-refractivity contribution in [2.75, 3.05) is 6.61 Å². The molecule has 5 nitrogen and oxygen atoms in total. The first-order valence-electron chi connectivity index (χ1n) is 5.97. The van der Waals surface area contributed by atoms with E-state index in [0.717, 1.165) is 5.56 Å². The molecule has 0 saturated heterocycles. The quantitative estimate of drug-likeness (QED) is 0.631. The molecule has 1 aromatic carbocycles. The van der Waals surface area contributed by atoms with E-state index in [1.807, 2.05) is 19.1 Å². The maximum absolute atomic E-state index is 11.5. The Morgan fingerprint density at radius 3 is 2.28 bits per heavy atom. The molecule has 0 heterocycles. The van der Waals surface area contributed by atoms with E-state index >= 15 is 0 Å². The van der Waals surface area contributed by atoms with Crippen molar-refractivity contribution in [3.8, 4) is 5.75 Å². The van der Waals surface area contributed by atoms with Gasteiger partial charge in [-0.1, -0.05) is 12.1 Å². The number of hydrogen-bond acceptors (Lipinski definition) is 3. The van der Waals surface area contributed by atoms with Crippen LogP contribution in [0.1, 0.15) is 19.4 Å². The molecule has 2 unspecified atom stereocenters. The molecular weight excluding hydrogens is 232 g/mol. The number of benzene rings is 1. The van der Waals surface area contributed by atoms with Crippen molar-refractivity contribution in [1.29, 1.82) is 0 Å². The molecule has 0 radical (unpaired) electrons. The van der Waals surface area contributed by atoms with Gasteiger partial charge in [0.1, 0.15) is 5.75 Å². The molecule has 0 bridgehead atoms. The Labute approximate surface area is 107 Å². The number of urea groups is 1. The Bertz CT molecular complexity index is 378. The number of rotatable bonds is 5. The summed E-state index contributed by atoms with van der Waals surface area (Å²) < 4.78 is 0. The number of carbonyl (C=O) groups excluding carboxylic acids is 1. The van der Waals surface area contributed by atoms with Crippen molar-refractivity contribution < 1.29 is 15.0 Å². The van der Waals surface area contributed by atoms with Crippen molar-refractivity contribution in [1.82, 2.24) is 10.6 Å². The molecule has 1 rings (SSSR count). The fraction of sp³-hybridized carbons (Fsp3) is 0.462. The van der Waals surface area contributed by atoms with Crippen molar-refractivity contribution in [3.05, 3.63) is 29.8 Å². The van der Waals surface area contributed by atoms with Crippen molar-refractivity contribution >= 4 is 6.03 Å². The minimum absolute atomic E-state index is 0.0274. The molecule has 0 spiro atoms. The summed E-state index contributed by atoms with van der Waals surface area (Å²) in [7, 11) is 0. The summed E-state index contributed by atoms with van der Waals surface area (Å²) in [5, 5.41) is 23.4. The molecule has 0 aliphatic rings. The molecule has 0 fully saturated rings. The number of aliphatic hydroxyl groups is 1. The smallest absolute Gasteiger partial charge is 0.315 e. The first-order chi connectivity index (χ1) is 8.51. The summed E-state index contributed by atoms with van der Waals surface area (Å²) >= 11 is 0. The van der Waals surface area contributed by atoms with E-state index in [4.69, 9.17) is 10.2 Å². The highest BCUT2D eigenvalue weighted by Crippen LogP contribution is 2.11. The number of amides is 2. The van der Waals surface area contributed by atoms with Gasteiger partial charge in [-0.2, -0.15) is 0 Å². The zero-order chi connectivity index (χ0) is 13.5. The Morgan fingerprint density at radius 2 is 1.72 bits per heavy atom. The SMILES string of the molecule is CC(CO)NC(=O)NC(C)Cc1ccc(O)cc1. The van der Waals surface area contributed by atoms with Gasteiger partial charge in [-0.05, 0) is 38.0 Å². The lowest BCUT2D eigenvalue weighted by molar-refractivity contribution is 0.218. The fourth-order valence-electron chi connectivity index (χ4n) is 1.57. The average molecular weight is 252 g/mol. The molecular formula is C13H20N2O3. The summed E-state index contributed by atoms with van der Waals surface area (Å²) in [4.78, 5) is 11.5. The minimum Gasteiger partial charge on any atom is -0.508 e. The predicted octanol–water partition coefficient (Wildman–Crippen LogP) is 1.00. The highest BCUT2D eigenvalue weighted by molar-refractivity contribution is 5.74. The molecule has 4 N–H and O–H groups in total. The van der Waals surface area contributed by atoms with Gasteiger partial charge in [0.2, 0.25) is 0 Å². The standard InChI is InChI=1S/C13H20N2O3/c1-9(14-13(18)15-10(2)8-16)7-11-3-5-12(17)6-4-11/h3-6,9-10,16-17H,7-8H2,1-2H3,(H2,14,15,18). The Balaban J connectivity index is 2.39. The monoisotopic (exact) mass is 252 g/mol. The van der Waals surface area contributed by atoms with Gasteiger partial charge in [0.05, 0.1) is 12.6 Å². The lowest BCUT2D eigenvalue weighted by Gasteiger charge is -2.17. The zero-order valence-electron chi connectivity index (χ0n) is 10.7.